The number of hydrogen-bond acceptors (Lipinski definition) is 2. The van der Waals surface area contributed by atoms with Gasteiger partial charge in [0.25, 0.3) is 0 Å². The van der Waals surface area contributed by atoms with E-state index in [9.17, 15) is 0 Å². The molecule has 0 heterocycles. The number of halogens is 1. The van der Waals surface area contributed by atoms with Crippen molar-refractivity contribution in [2.45, 2.75) is 19.9 Å². The molecule has 2 aromatic carbocycles. The largest absolute Gasteiger partial charge is 0.271 e. The first-order valence-electron chi connectivity index (χ1n) is 5.91. The van der Waals surface area contributed by atoms with Gasteiger partial charge in [0.1, 0.15) is 0 Å². The monoisotopic (exact) mass is 260 g/mol. The zero-order chi connectivity index (χ0) is 13.1. The zero-order valence-electron chi connectivity index (χ0n) is 10.6. The zero-order valence-corrected chi connectivity index (χ0v) is 11.3. The molecule has 0 amide bonds. The lowest BCUT2D eigenvalue weighted by molar-refractivity contribution is 0.633. The maximum atomic E-state index is 6.05. The molecule has 3 N–H and O–H groups in total. The lowest BCUT2D eigenvalue weighted by Gasteiger charge is -2.19. The average molecular weight is 261 g/mol. The van der Waals surface area contributed by atoms with Crippen molar-refractivity contribution >= 4 is 11.6 Å². The highest BCUT2D eigenvalue weighted by Gasteiger charge is 2.14. The Morgan fingerprint density at radius 2 is 1.78 bits per heavy atom. The van der Waals surface area contributed by atoms with Crippen LogP contribution < -0.4 is 11.3 Å². The molecule has 2 rings (SSSR count). The van der Waals surface area contributed by atoms with Gasteiger partial charge in [0.15, 0.2) is 0 Å². The Labute approximate surface area is 113 Å². The van der Waals surface area contributed by atoms with Gasteiger partial charge in [-0.1, -0.05) is 48.0 Å². The second-order valence-corrected chi connectivity index (χ2v) is 4.87. The highest BCUT2D eigenvalue weighted by molar-refractivity contribution is 6.31. The van der Waals surface area contributed by atoms with E-state index in [1.165, 1.54) is 11.1 Å². The van der Waals surface area contributed by atoms with E-state index in [0.717, 1.165) is 16.1 Å². The van der Waals surface area contributed by atoms with E-state index >= 15 is 0 Å². The molecule has 2 aromatic rings. The molecule has 0 aliphatic rings. The number of benzene rings is 2. The van der Waals surface area contributed by atoms with Crippen LogP contribution in [0.3, 0.4) is 0 Å². The number of nitrogens with two attached hydrogens (primary N) is 1. The fraction of sp³-hybridized carbons (Fsp3) is 0.200. The van der Waals surface area contributed by atoms with Crippen LogP contribution in [0.2, 0.25) is 5.02 Å². The number of nitrogens with one attached hydrogen (secondary N) is 1. The van der Waals surface area contributed by atoms with Gasteiger partial charge in [0, 0.05) is 5.02 Å². The van der Waals surface area contributed by atoms with Crippen molar-refractivity contribution in [1.29, 1.82) is 0 Å². The van der Waals surface area contributed by atoms with E-state index in [1.54, 1.807) is 0 Å². The smallest absolute Gasteiger partial charge is 0.0712 e. The summed E-state index contributed by atoms with van der Waals surface area (Å²) >= 11 is 6.05. The summed E-state index contributed by atoms with van der Waals surface area (Å²) in [5, 5.41) is 0.777. The van der Waals surface area contributed by atoms with Crippen molar-refractivity contribution < 1.29 is 0 Å². The Morgan fingerprint density at radius 3 is 2.39 bits per heavy atom. The minimum absolute atomic E-state index is 0.0119. The molecule has 2 nitrogen and oxygen atoms in total. The first kappa shape index (κ1) is 13.1. The molecule has 0 aromatic heterocycles. The maximum Gasteiger partial charge on any atom is 0.0712 e. The molecular weight excluding hydrogens is 244 g/mol. The average Bonchev–Trinajstić information content (AvgIpc) is 2.37. The summed E-state index contributed by atoms with van der Waals surface area (Å²) < 4.78 is 0. The first-order chi connectivity index (χ1) is 8.63. The molecule has 0 radical (unpaired) electrons. The molecule has 18 heavy (non-hydrogen) atoms. The Balaban J connectivity index is 2.45. The van der Waals surface area contributed by atoms with Gasteiger partial charge < -0.3 is 0 Å². The maximum absolute atomic E-state index is 6.05. The molecule has 0 bridgehead atoms. The molecule has 3 heteroatoms. The van der Waals surface area contributed by atoms with Crippen LogP contribution in [0.25, 0.3) is 0 Å². The van der Waals surface area contributed by atoms with Crippen molar-refractivity contribution in [1.82, 2.24) is 5.43 Å². The van der Waals surface area contributed by atoms with Crippen LogP contribution in [0.1, 0.15) is 28.3 Å². The van der Waals surface area contributed by atoms with Crippen LogP contribution in [0.5, 0.6) is 0 Å². The summed E-state index contributed by atoms with van der Waals surface area (Å²) in [5.41, 5.74) is 7.45. The molecule has 0 fully saturated rings. The Bertz CT molecular complexity index is 552. The van der Waals surface area contributed by atoms with Crippen LogP contribution >= 0.6 is 11.6 Å². The van der Waals surface area contributed by atoms with E-state index < -0.39 is 0 Å². The van der Waals surface area contributed by atoms with Gasteiger partial charge >= 0.3 is 0 Å². The van der Waals surface area contributed by atoms with Gasteiger partial charge in [-0.3, -0.25) is 5.84 Å². The minimum Gasteiger partial charge on any atom is -0.271 e. The number of hydrazine groups is 1. The summed E-state index contributed by atoms with van der Waals surface area (Å²) in [6.45, 7) is 4.08. The summed E-state index contributed by atoms with van der Waals surface area (Å²) in [4.78, 5) is 0. The Kier molecular flexibility index (Phi) is 4.02. The van der Waals surface area contributed by atoms with Crippen molar-refractivity contribution in [3.05, 3.63) is 69.7 Å². The fourth-order valence-corrected chi connectivity index (χ4v) is 2.24. The highest BCUT2D eigenvalue weighted by atomic mass is 35.5. The predicted octanol–water partition coefficient (Wildman–Crippen LogP) is 3.51. The number of aryl methyl sites for hydroxylation is 2. The molecule has 0 saturated carbocycles. The molecular formula is C15H17ClN2. The molecule has 0 aliphatic heterocycles. The predicted molar refractivity (Wildman–Crippen MR) is 76.5 cm³/mol. The minimum atomic E-state index is -0.0119. The topological polar surface area (TPSA) is 38.0 Å². The van der Waals surface area contributed by atoms with Crippen molar-refractivity contribution in [3.8, 4) is 0 Å². The van der Waals surface area contributed by atoms with Crippen LogP contribution in [-0.2, 0) is 0 Å². The third kappa shape index (κ3) is 2.56. The SMILES string of the molecule is Cc1cc(C(NN)c2ccccc2C)ccc1Cl. The molecule has 0 aliphatic carbocycles. The van der Waals surface area contributed by atoms with Crippen LogP contribution in [0, 0.1) is 13.8 Å². The van der Waals surface area contributed by atoms with Crippen molar-refractivity contribution in [2.75, 3.05) is 0 Å². The van der Waals surface area contributed by atoms with E-state index in [1.807, 2.05) is 31.2 Å². The summed E-state index contributed by atoms with van der Waals surface area (Å²) in [6, 6.07) is 14.2. The van der Waals surface area contributed by atoms with Crippen LogP contribution in [0.15, 0.2) is 42.5 Å². The quantitative estimate of drug-likeness (QED) is 0.655. The second kappa shape index (κ2) is 5.53. The third-order valence-corrected chi connectivity index (χ3v) is 3.61. The lowest BCUT2D eigenvalue weighted by Crippen LogP contribution is -2.29. The van der Waals surface area contributed by atoms with Crippen LogP contribution in [-0.4, -0.2) is 0 Å². The van der Waals surface area contributed by atoms with Gasteiger partial charge in [-0.05, 0) is 42.2 Å². The van der Waals surface area contributed by atoms with E-state index in [-0.39, 0.29) is 6.04 Å². The highest BCUT2D eigenvalue weighted by Crippen LogP contribution is 2.27. The van der Waals surface area contributed by atoms with Gasteiger partial charge in [-0.25, -0.2) is 5.43 Å². The van der Waals surface area contributed by atoms with Gasteiger partial charge in [0.05, 0.1) is 6.04 Å². The molecule has 0 saturated heterocycles. The third-order valence-electron chi connectivity index (χ3n) is 3.18. The van der Waals surface area contributed by atoms with Crippen molar-refractivity contribution in [2.24, 2.45) is 5.84 Å². The van der Waals surface area contributed by atoms with Crippen molar-refractivity contribution in [3.63, 3.8) is 0 Å². The van der Waals surface area contributed by atoms with Gasteiger partial charge in [-0.2, -0.15) is 0 Å². The summed E-state index contributed by atoms with van der Waals surface area (Å²) in [6.07, 6.45) is 0. The molecule has 0 spiro atoms. The molecule has 94 valence electrons. The summed E-state index contributed by atoms with van der Waals surface area (Å²) in [7, 11) is 0. The lowest BCUT2D eigenvalue weighted by atomic mass is 9.94. The van der Waals surface area contributed by atoms with Gasteiger partial charge in [-0.15, -0.1) is 0 Å². The number of rotatable bonds is 3. The van der Waals surface area contributed by atoms with E-state index in [2.05, 4.69) is 30.5 Å². The Hall–Kier alpha value is -1.35. The normalized spacial score (nSPS) is 12.4. The van der Waals surface area contributed by atoms with E-state index in [0.29, 0.717) is 0 Å². The Morgan fingerprint density at radius 1 is 1.06 bits per heavy atom. The standard InChI is InChI=1S/C15H17ClN2/c1-10-5-3-4-6-13(10)15(18-17)12-7-8-14(16)11(2)9-12/h3-9,15,18H,17H2,1-2H3. The van der Waals surface area contributed by atoms with Gasteiger partial charge in [0.2, 0.25) is 0 Å². The van der Waals surface area contributed by atoms with Crippen LogP contribution in [0.4, 0.5) is 0 Å². The molecule has 1 unspecified atom stereocenters. The summed E-state index contributed by atoms with van der Waals surface area (Å²) in [5.74, 6) is 5.71. The van der Waals surface area contributed by atoms with E-state index in [4.69, 9.17) is 17.4 Å². The fourth-order valence-electron chi connectivity index (χ4n) is 2.12. The second-order valence-electron chi connectivity index (χ2n) is 4.46. The first-order valence-corrected chi connectivity index (χ1v) is 6.29. The molecule has 1 atom stereocenters. The number of hydrogen-bond donors (Lipinski definition) is 2.